The summed E-state index contributed by atoms with van der Waals surface area (Å²) < 4.78 is 13.8. The number of hydrogen-bond acceptors (Lipinski definition) is 2. The van der Waals surface area contributed by atoms with Crippen molar-refractivity contribution in [2.24, 2.45) is 5.73 Å². The number of para-hydroxylation sites is 1. The fourth-order valence-corrected chi connectivity index (χ4v) is 2.89. The Morgan fingerprint density at radius 1 is 1.35 bits per heavy atom. The van der Waals surface area contributed by atoms with Crippen LogP contribution in [0.25, 0.3) is 0 Å². The highest BCUT2D eigenvalue weighted by atomic mass is 79.9. The zero-order valence-electron chi connectivity index (χ0n) is 10.5. The van der Waals surface area contributed by atoms with Crippen LogP contribution in [0, 0.1) is 12.7 Å². The number of rotatable bonds is 3. The third-order valence-corrected chi connectivity index (χ3v) is 3.94. The lowest BCUT2D eigenvalue weighted by Crippen LogP contribution is -2.13. The summed E-state index contributed by atoms with van der Waals surface area (Å²) in [5.74, 6) is -0.410. The maximum absolute atomic E-state index is 13.3. The molecule has 0 unspecified atom stereocenters. The molecule has 3 N–H and O–H groups in total. The lowest BCUT2D eigenvalue weighted by atomic mass is 10.1. The SMILES string of the molecule is Cc1cccc(C(N)=S)c1Nc1c(Cl)cc(F)cc1Br. The van der Waals surface area contributed by atoms with Crippen LogP contribution in [-0.4, -0.2) is 4.99 Å². The van der Waals surface area contributed by atoms with Crippen LogP contribution in [0.2, 0.25) is 5.02 Å². The topological polar surface area (TPSA) is 38.0 Å². The van der Waals surface area contributed by atoms with Crippen molar-refractivity contribution in [1.29, 1.82) is 0 Å². The van der Waals surface area contributed by atoms with E-state index in [9.17, 15) is 4.39 Å². The summed E-state index contributed by atoms with van der Waals surface area (Å²) in [5.41, 5.74) is 8.73. The van der Waals surface area contributed by atoms with Crippen LogP contribution in [0.4, 0.5) is 15.8 Å². The van der Waals surface area contributed by atoms with Gasteiger partial charge in [-0.3, -0.25) is 0 Å². The highest BCUT2D eigenvalue weighted by Gasteiger charge is 2.13. The van der Waals surface area contributed by atoms with Gasteiger partial charge in [0.15, 0.2) is 0 Å². The third kappa shape index (κ3) is 3.11. The van der Waals surface area contributed by atoms with Gasteiger partial charge >= 0.3 is 0 Å². The van der Waals surface area contributed by atoms with Gasteiger partial charge < -0.3 is 11.1 Å². The molecule has 0 aliphatic carbocycles. The van der Waals surface area contributed by atoms with Gasteiger partial charge in [0.2, 0.25) is 0 Å². The number of benzene rings is 2. The molecule has 2 aromatic carbocycles. The quantitative estimate of drug-likeness (QED) is 0.749. The second-order valence-corrected chi connectivity index (χ2v) is 5.93. The molecule has 0 saturated heterocycles. The molecule has 0 aliphatic rings. The summed E-state index contributed by atoms with van der Waals surface area (Å²) >= 11 is 14.4. The summed E-state index contributed by atoms with van der Waals surface area (Å²) in [6, 6.07) is 8.20. The molecule has 0 fully saturated rings. The normalized spacial score (nSPS) is 10.4. The van der Waals surface area contributed by atoms with Crippen molar-refractivity contribution in [2.75, 3.05) is 5.32 Å². The van der Waals surface area contributed by atoms with Crippen LogP contribution in [-0.2, 0) is 0 Å². The number of nitrogens with two attached hydrogens (primary N) is 1. The van der Waals surface area contributed by atoms with Gasteiger partial charge in [-0.15, -0.1) is 0 Å². The van der Waals surface area contributed by atoms with E-state index < -0.39 is 5.82 Å². The smallest absolute Gasteiger partial charge is 0.125 e. The molecule has 0 atom stereocenters. The molecular weight excluding hydrogens is 363 g/mol. The first-order valence-electron chi connectivity index (χ1n) is 5.71. The Morgan fingerprint density at radius 3 is 2.65 bits per heavy atom. The first kappa shape index (κ1) is 15.2. The average Bonchev–Trinajstić information content (AvgIpc) is 2.34. The maximum Gasteiger partial charge on any atom is 0.125 e. The molecule has 6 heteroatoms. The minimum absolute atomic E-state index is 0.272. The predicted octanol–water partition coefficient (Wildman–Crippen LogP) is 4.93. The third-order valence-electron chi connectivity index (χ3n) is 2.80. The van der Waals surface area contributed by atoms with E-state index in [0.717, 1.165) is 11.3 Å². The van der Waals surface area contributed by atoms with Crippen molar-refractivity contribution in [3.8, 4) is 0 Å². The molecule has 2 aromatic rings. The average molecular weight is 374 g/mol. The van der Waals surface area contributed by atoms with Gasteiger partial charge in [-0.1, -0.05) is 36.0 Å². The van der Waals surface area contributed by atoms with Crippen LogP contribution in [0.15, 0.2) is 34.8 Å². The van der Waals surface area contributed by atoms with E-state index in [1.54, 1.807) is 0 Å². The van der Waals surface area contributed by atoms with Crippen LogP contribution in [0.3, 0.4) is 0 Å². The van der Waals surface area contributed by atoms with Gasteiger partial charge in [0.05, 0.1) is 16.4 Å². The zero-order chi connectivity index (χ0) is 14.9. The van der Waals surface area contributed by atoms with E-state index >= 15 is 0 Å². The van der Waals surface area contributed by atoms with E-state index in [1.807, 2.05) is 25.1 Å². The van der Waals surface area contributed by atoms with E-state index in [1.165, 1.54) is 12.1 Å². The molecule has 0 saturated carbocycles. The van der Waals surface area contributed by atoms with Crippen molar-refractivity contribution in [3.05, 3.63) is 56.8 Å². The van der Waals surface area contributed by atoms with E-state index in [-0.39, 0.29) is 10.0 Å². The van der Waals surface area contributed by atoms with Crippen molar-refractivity contribution < 1.29 is 4.39 Å². The number of nitrogens with one attached hydrogen (secondary N) is 1. The molecule has 104 valence electrons. The van der Waals surface area contributed by atoms with Crippen molar-refractivity contribution in [2.45, 2.75) is 6.92 Å². The largest absolute Gasteiger partial charge is 0.389 e. The molecule has 0 bridgehead atoms. The molecule has 0 heterocycles. The molecule has 0 radical (unpaired) electrons. The highest BCUT2D eigenvalue weighted by molar-refractivity contribution is 9.10. The zero-order valence-corrected chi connectivity index (χ0v) is 13.7. The van der Waals surface area contributed by atoms with E-state index in [4.69, 9.17) is 29.6 Å². The standard InChI is InChI=1S/C14H11BrClFN2S/c1-7-3-2-4-9(14(18)20)12(7)19-13-10(15)5-8(17)6-11(13)16/h2-6,19H,1H3,(H2,18,20). The van der Waals surface area contributed by atoms with Crippen LogP contribution >= 0.6 is 39.7 Å². The molecule has 0 aliphatic heterocycles. The van der Waals surface area contributed by atoms with Crippen molar-refractivity contribution >= 4 is 56.1 Å². The highest BCUT2D eigenvalue weighted by Crippen LogP contribution is 2.36. The van der Waals surface area contributed by atoms with Crippen molar-refractivity contribution in [3.63, 3.8) is 0 Å². The molecule has 2 rings (SSSR count). The summed E-state index contributed by atoms with van der Waals surface area (Å²) in [5, 5.41) is 3.45. The van der Waals surface area contributed by atoms with Gasteiger partial charge in [-0.05, 0) is 46.6 Å². The second kappa shape index (κ2) is 6.08. The number of aryl methyl sites for hydroxylation is 1. The van der Waals surface area contributed by atoms with Gasteiger partial charge in [0, 0.05) is 10.0 Å². The molecule has 0 aromatic heterocycles. The van der Waals surface area contributed by atoms with Crippen LogP contribution < -0.4 is 11.1 Å². The first-order chi connectivity index (χ1) is 9.40. The fourth-order valence-electron chi connectivity index (χ4n) is 1.83. The first-order valence-corrected chi connectivity index (χ1v) is 7.29. The lowest BCUT2D eigenvalue weighted by Gasteiger charge is -2.16. The number of hydrogen-bond donors (Lipinski definition) is 2. The number of anilines is 2. The molecule has 2 nitrogen and oxygen atoms in total. The monoisotopic (exact) mass is 372 g/mol. The van der Waals surface area contributed by atoms with Gasteiger partial charge in [0.1, 0.15) is 10.8 Å². The van der Waals surface area contributed by atoms with Crippen LogP contribution in [0.1, 0.15) is 11.1 Å². The Hall–Kier alpha value is -1.17. The molecular formula is C14H11BrClFN2S. The Kier molecular flexibility index (Phi) is 4.62. The van der Waals surface area contributed by atoms with Gasteiger partial charge in [0.25, 0.3) is 0 Å². The summed E-state index contributed by atoms with van der Waals surface area (Å²) in [7, 11) is 0. The minimum atomic E-state index is -0.410. The Labute approximate surface area is 135 Å². The van der Waals surface area contributed by atoms with Gasteiger partial charge in [-0.2, -0.15) is 0 Å². The Morgan fingerprint density at radius 2 is 2.05 bits per heavy atom. The van der Waals surface area contributed by atoms with E-state index in [0.29, 0.717) is 15.7 Å². The Balaban J connectivity index is 2.53. The Bertz CT molecular complexity index is 668. The van der Waals surface area contributed by atoms with Crippen LogP contribution in [0.5, 0.6) is 0 Å². The maximum atomic E-state index is 13.3. The predicted molar refractivity (Wildman–Crippen MR) is 89.5 cm³/mol. The summed E-state index contributed by atoms with van der Waals surface area (Å²) in [6.45, 7) is 1.93. The van der Waals surface area contributed by atoms with E-state index in [2.05, 4.69) is 21.2 Å². The second-order valence-electron chi connectivity index (χ2n) is 4.23. The molecule has 0 spiro atoms. The number of halogens is 3. The number of thiocarbonyl (C=S) groups is 1. The van der Waals surface area contributed by atoms with Crippen molar-refractivity contribution in [1.82, 2.24) is 0 Å². The summed E-state index contributed by atoms with van der Waals surface area (Å²) in [4.78, 5) is 0.283. The fraction of sp³-hybridized carbons (Fsp3) is 0.0714. The lowest BCUT2D eigenvalue weighted by molar-refractivity contribution is 0.627. The summed E-state index contributed by atoms with van der Waals surface area (Å²) in [6.07, 6.45) is 0. The minimum Gasteiger partial charge on any atom is -0.389 e. The molecule has 0 amide bonds. The van der Waals surface area contributed by atoms with Gasteiger partial charge in [-0.25, -0.2) is 4.39 Å². The molecule has 20 heavy (non-hydrogen) atoms.